The van der Waals surface area contributed by atoms with Gasteiger partial charge in [0, 0.05) is 44.5 Å². The van der Waals surface area contributed by atoms with Crippen LogP contribution >= 0.6 is 0 Å². The topological polar surface area (TPSA) is 115 Å². The molecule has 0 saturated carbocycles. The first-order valence-electron chi connectivity index (χ1n) is 12.9. The molecule has 38 heavy (non-hydrogen) atoms. The number of urea groups is 1. The van der Waals surface area contributed by atoms with Crippen LogP contribution in [0, 0.1) is 18.3 Å². The van der Waals surface area contributed by atoms with Gasteiger partial charge in [0.1, 0.15) is 5.60 Å². The minimum Gasteiger partial charge on any atom is -0.444 e. The predicted octanol–water partition coefficient (Wildman–Crippen LogP) is 4.87. The lowest BCUT2D eigenvalue weighted by Gasteiger charge is -2.32. The molecule has 1 aliphatic heterocycles. The second-order valence-corrected chi connectivity index (χ2v) is 10.6. The Morgan fingerprint density at radius 2 is 1.76 bits per heavy atom. The summed E-state index contributed by atoms with van der Waals surface area (Å²) in [5.41, 5.74) is 3.19. The first kappa shape index (κ1) is 28.5. The van der Waals surface area contributed by atoms with Gasteiger partial charge in [-0.25, -0.2) is 9.59 Å². The Balaban J connectivity index is 1.53. The van der Waals surface area contributed by atoms with E-state index in [1.807, 2.05) is 42.2 Å². The number of hydrogen-bond donors (Lipinski definition) is 2. The normalized spacial score (nSPS) is 13.8. The van der Waals surface area contributed by atoms with E-state index >= 15 is 0 Å². The maximum absolute atomic E-state index is 13.2. The number of anilines is 1. The maximum atomic E-state index is 13.2. The lowest BCUT2D eigenvalue weighted by molar-refractivity contribution is 0.0524. The molecule has 0 unspecified atom stereocenters. The van der Waals surface area contributed by atoms with Crippen molar-refractivity contribution in [1.82, 2.24) is 15.1 Å². The summed E-state index contributed by atoms with van der Waals surface area (Å²) in [6.07, 6.45) is 1.18. The van der Waals surface area contributed by atoms with Gasteiger partial charge in [-0.2, -0.15) is 5.26 Å². The molecule has 0 aliphatic carbocycles. The van der Waals surface area contributed by atoms with Gasteiger partial charge in [-0.05, 0) is 81.8 Å². The highest BCUT2D eigenvalue weighted by atomic mass is 16.6. The summed E-state index contributed by atoms with van der Waals surface area (Å²) in [5, 5.41) is 14.5. The summed E-state index contributed by atoms with van der Waals surface area (Å²) in [5.74, 6) is 0.300. The molecule has 0 spiro atoms. The molecule has 4 amide bonds. The van der Waals surface area contributed by atoms with Gasteiger partial charge in [0.2, 0.25) is 0 Å². The van der Waals surface area contributed by atoms with E-state index < -0.39 is 11.7 Å². The monoisotopic (exact) mass is 519 g/mol. The lowest BCUT2D eigenvalue weighted by atomic mass is 9.89. The fraction of sp³-hybridized carbons (Fsp3) is 0.448. The molecule has 1 fully saturated rings. The minimum atomic E-state index is -0.589. The van der Waals surface area contributed by atoms with Crippen LogP contribution in [-0.2, 0) is 4.74 Å². The summed E-state index contributed by atoms with van der Waals surface area (Å²) in [6, 6.07) is 14.8. The Labute approximate surface area is 224 Å². The number of benzene rings is 2. The largest absolute Gasteiger partial charge is 0.444 e. The molecule has 9 nitrogen and oxygen atoms in total. The van der Waals surface area contributed by atoms with Crippen LogP contribution in [0.3, 0.4) is 0 Å². The molecule has 0 radical (unpaired) electrons. The van der Waals surface area contributed by atoms with Crippen molar-refractivity contribution in [2.75, 3.05) is 38.5 Å². The number of amides is 4. The minimum absolute atomic E-state index is 0.0614. The number of aryl methyl sites for hydroxylation is 1. The average molecular weight is 520 g/mol. The number of nitriles is 1. The molecule has 3 rings (SSSR count). The van der Waals surface area contributed by atoms with E-state index in [4.69, 9.17) is 10.00 Å². The number of ether oxygens (including phenoxy) is 1. The Kier molecular flexibility index (Phi) is 9.35. The maximum Gasteiger partial charge on any atom is 0.407 e. The molecule has 0 aromatic heterocycles. The van der Waals surface area contributed by atoms with Crippen LogP contribution in [0.15, 0.2) is 42.5 Å². The molecule has 0 atom stereocenters. The standard InChI is InChI=1S/C29H37N5O4/c1-20-6-9-24(18-25(20)32-27(36)33(5)17-14-31-28(37)38-29(2,3)4)26(35)34-15-12-23(13-16-34)22-10-7-21(19-30)8-11-22/h6-11,18,23H,12-17H2,1-5H3,(H,31,37)(H,32,36). The molecule has 2 N–H and O–H groups in total. The third-order valence-electron chi connectivity index (χ3n) is 6.48. The van der Waals surface area contributed by atoms with Gasteiger partial charge in [-0.1, -0.05) is 18.2 Å². The van der Waals surface area contributed by atoms with Gasteiger partial charge >= 0.3 is 12.1 Å². The predicted molar refractivity (Wildman–Crippen MR) is 146 cm³/mol. The number of alkyl carbamates (subject to hydrolysis) is 1. The van der Waals surface area contributed by atoms with Gasteiger partial charge in [0.25, 0.3) is 5.91 Å². The first-order chi connectivity index (χ1) is 18.0. The number of hydrogen-bond acceptors (Lipinski definition) is 5. The lowest BCUT2D eigenvalue weighted by Crippen LogP contribution is -2.40. The van der Waals surface area contributed by atoms with Crippen molar-refractivity contribution in [3.63, 3.8) is 0 Å². The SMILES string of the molecule is Cc1ccc(C(=O)N2CCC(c3ccc(C#N)cc3)CC2)cc1NC(=O)N(C)CCNC(=O)OC(C)(C)C. The Morgan fingerprint density at radius 3 is 2.37 bits per heavy atom. The number of carbonyl (C=O) groups is 3. The van der Waals surface area contributed by atoms with Crippen molar-refractivity contribution in [3.05, 3.63) is 64.7 Å². The van der Waals surface area contributed by atoms with Gasteiger partial charge in [-0.15, -0.1) is 0 Å². The highest BCUT2D eigenvalue weighted by Gasteiger charge is 2.25. The molecular weight excluding hydrogens is 482 g/mol. The summed E-state index contributed by atoms with van der Waals surface area (Å²) < 4.78 is 5.20. The number of likely N-dealkylation sites (N-methyl/N-ethyl adjacent to an activating group) is 1. The zero-order valence-corrected chi connectivity index (χ0v) is 22.8. The molecule has 2 aromatic rings. The molecule has 1 aliphatic rings. The number of nitrogens with zero attached hydrogens (tertiary/aromatic N) is 3. The fourth-order valence-electron chi connectivity index (χ4n) is 4.27. The third kappa shape index (κ3) is 7.97. The van der Waals surface area contributed by atoms with E-state index in [-0.39, 0.29) is 25.0 Å². The average Bonchev–Trinajstić information content (AvgIpc) is 2.88. The smallest absolute Gasteiger partial charge is 0.407 e. The van der Waals surface area contributed by atoms with Gasteiger partial charge < -0.3 is 25.2 Å². The van der Waals surface area contributed by atoms with Crippen LogP contribution in [0.5, 0.6) is 0 Å². The van der Waals surface area contributed by atoms with Gasteiger partial charge in [0.15, 0.2) is 0 Å². The number of piperidine rings is 1. The van der Waals surface area contributed by atoms with E-state index in [0.29, 0.717) is 35.8 Å². The number of rotatable bonds is 6. The molecule has 202 valence electrons. The first-order valence-corrected chi connectivity index (χ1v) is 12.9. The van der Waals surface area contributed by atoms with E-state index in [1.165, 1.54) is 10.5 Å². The summed E-state index contributed by atoms with van der Waals surface area (Å²) in [4.78, 5) is 41.1. The Hall–Kier alpha value is -4.06. The molecule has 0 bridgehead atoms. The van der Waals surface area contributed by atoms with E-state index in [1.54, 1.807) is 40.0 Å². The van der Waals surface area contributed by atoms with E-state index in [9.17, 15) is 14.4 Å². The zero-order valence-electron chi connectivity index (χ0n) is 22.8. The van der Waals surface area contributed by atoms with Crippen molar-refractivity contribution in [2.45, 2.75) is 52.1 Å². The van der Waals surface area contributed by atoms with Crippen molar-refractivity contribution in [2.24, 2.45) is 0 Å². The highest BCUT2D eigenvalue weighted by molar-refractivity contribution is 5.97. The van der Waals surface area contributed by atoms with Crippen LogP contribution in [0.25, 0.3) is 0 Å². The molecule has 9 heteroatoms. The number of likely N-dealkylation sites (tertiary alicyclic amines) is 1. The fourth-order valence-corrected chi connectivity index (χ4v) is 4.27. The number of nitrogens with one attached hydrogen (secondary N) is 2. The summed E-state index contributed by atoms with van der Waals surface area (Å²) >= 11 is 0. The van der Waals surface area contributed by atoms with Gasteiger partial charge in [0.05, 0.1) is 11.6 Å². The molecule has 2 aromatic carbocycles. The Bertz CT molecular complexity index is 1190. The number of carbonyl (C=O) groups excluding carboxylic acids is 3. The zero-order chi connectivity index (χ0) is 27.9. The van der Waals surface area contributed by atoms with E-state index in [0.717, 1.165) is 18.4 Å². The third-order valence-corrected chi connectivity index (χ3v) is 6.48. The Morgan fingerprint density at radius 1 is 1.11 bits per heavy atom. The highest BCUT2D eigenvalue weighted by Crippen LogP contribution is 2.29. The quantitative estimate of drug-likeness (QED) is 0.565. The summed E-state index contributed by atoms with van der Waals surface area (Å²) in [6.45, 7) is 9.05. The van der Waals surface area contributed by atoms with Crippen molar-refractivity contribution >= 4 is 23.7 Å². The second kappa shape index (κ2) is 12.5. The molecule has 1 saturated heterocycles. The van der Waals surface area contributed by atoms with Crippen molar-refractivity contribution in [1.29, 1.82) is 5.26 Å². The second-order valence-electron chi connectivity index (χ2n) is 10.6. The van der Waals surface area contributed by atoms with Crippen molar-refractivity contribution < 1.29 is 19.1 Å². The van der Waals surface area contributed by atoms with Crippen molar-refractivity contribution in [3.8, 4) is 6.07 Å². The van der Waals surface area contributed by atoms with Crippen LogP contribution in [0.2, 0.25) is 0 Å². The summed E-state index contributed by atoms with van der Waals surface area (Å²) in [7, 11) is 1.63. The van der Waals surface area contributed by atoms with Crippen LogP contribution in [0.1, 0.15) is 66.6 Å². The van der Waals surface area contributed by atoms with Crippen LogP contribution < -0.4 is 10.6 Å². The molecular formula is C29H37N5O4. The van der Waals surface area contributed by atoms with E-state index in [2.05, 4.69) is 16.7 Å². The molecule has 1 heterocycles. The van der Waals surface area contributed by atoms with Crippen LogP contribution in [-0.4, -0.2) is 66.7 Å². The van der Waals surface area contributed by atoms with Crippen LogP contribution in [0.4, 0.5) is 15.3 Å². The van der Waals surface area contributed by atoms with Gasteiger partial charge in [-0.3, -0.25) is 4.79 Å².